The molecule has 0 bridgehead atoms. The minimum Gasteiger partial charge on any atom is -0.497 e. The Morgan fingerprint density at radius 3 is 2.75 bits per heavy atom. The molecule has 2 N–H and O–H groups in total. The molecule has 2 aromatic rings. The number of ether oxygens (including phenoxy) is 1. The van der Waals surface area contributed by atoms with E-state index in [2.05, 4.69) is 0 Å². The van der Waals surface area contributed by atoms with Crippen LogP contribution in [0.4, 0.5) is 0 Å². The first-order chi connectivity index (χ1) is 7.56. The van der Waals surface area contributed by atoms with Crippen LogP contribution in [0.15, 0.2) is 33.8 Å². The molecule has 7 heteroatoms. The molecular formula is C9H9NO5S. The average Bonchev–Trinajstić information content (AvgIpc) is 2.72. The van der Waals surface area contributed by atoms with Crippen LogP contribution in [0.1, 0.15) is 0 Å². The quantitative estimate of drug-likeness (QED) is 0.788. The molecule has 0 saturated carbocycles. The summed E-state index contributed by atoms with van der Waals surface area (Å²) < 4.78 is 32.5. The van der Waals surface area contributed by atoms with Crippen molar-refractivity contribution in [2.45, 2.75) is 5.09 Å². The summed E-state index contributed by atoms with van der Waals surface area (Å²) in [6.07, 6.45) is 0. The fraction of sp³-hybridized carbons (Fsp3) is 0.111. The number of sulfonamides is 1. The molecule has 0 fully saturated rings. The highest BCUT2D eigenvalue weighted by Crippen LogP contribution is 2.26. The van der Waals surface area contributed by atoms with Gasteiger partial charge < -0.3 is 14.4 Å². The van der Waals surface area contributed by atoms with Gasteiger partial charge in [0.15, 0.2) is 0 Å². The largest absolute Gasteiger partial charge is 0.497 e. The lowest BCUT2D eigenvalue weighted by Crippen LogP contribution is -2.18. The molecule has 0 radical (unpaired) electrons. The number of rotatable bonds is 3. The third-order valence-corrected chi connectivity index (χ3v) is 3.06. The Morgan fingerprint density at radius 1 is 1.38 bits per heavy atom. The van der Waals surface area contributed by atoms with Gasteiger partial charge in [0.1, 0.15) is 11.3 Å². The van der Waals surface area contributed by atoms with Crippen LogP contribution in [0.3, 0.4) is 0 Å². The maximum atomic E-state index is 11.2. The van der Waals surface area contributed by atoms with Crippen molar-refractivity contribution in [1.29, 1.82) is 0 Å². The Bertz CT molecular complexity index is 616. The van der Waals surface area contributed by atoms with E-state index in [0.29, 0.717) is 16.7 Å². The summed E-state index contributed by atoms with van der Waals surface area (Å²) in [4.78, 5) is 1.19. The molecule has 0 unspecified atom stereocenters. The van der Waals surface area contributed by atoms with E-state index in [1.807, 2.05) is 0 Å². The van der Waals surface area contributed by atoms with E-state index >= 15 is 0 Å². The van der Waals surface area contributed by atoms with Gasteiger partial charge in [-0.1, -0.05) is 4.89 Å². The van der Waals surface area contributed by atoms with E-state index in [-0.39, 0.29) is 5.09 Å². The fourth-order valence-electron chi connectivity index (χ4n) is 1.29. The summed E-state index contributed by atoms with van der Waals surface area (Å²) in [5.74, 6) is 0.558. The monoisotopic (exact) mass is 243 g/mol. The highest BCUT2D eigenvalue weighted by Gasteiger charge is 2.18. The van der Waals surface area contributed by atoms with Crippen LogP contribution in [0.5, 0.6) is 5.75 Å². The predicted molar refractivity (Wildman–Crippen MR) is 54.9 cm³/mol. The summed E-state index contributed by atoms with van der Waals surface area (Å²) in [6, 6.07) is 6.22. The molecule has 0 saturated heterocycles. The van der Waals surface area contributed by atoms with Crippen molar-refractivity contribution < 1.29 is 22.8 Å². The maximum Gasteiger partial charge on any atom is 0.295 e. The first-order valence-corrected chi connectivity index (χ1v) is 5.78. The summed E-state index contributed by atoms with van der Waals surface area (Å²) in [5.41, 5.74) is 0.369. The van der Waals surface area contributed by atoms with E-state index < -0.39 is 10.0 Å². The van der Waals surface area contributed by atoms with Crippen molar-refractivity contribution in [2.75, 3.05) is 7.11 Å². The van der Waals surface area contributed by atoms with E-state index in [0.717, 1.165) is 0 Å². The number of hydrogen-bond acceptors (Lipinski definition) is 5. The minimum absolute atomic E-state index is 0.349. The highest BCUT2D eigenvalue weighted by molar-refractivity contribution is 7.89. The predicted octanol–water partition coefficient (Wildman–Crippen LogP) is 1.11. The average molecular weight is 243 g/mol. The van der Waals surface area contributed by atoms with Crippen LogP contribution < -0.4 is 9.62 Å². The van der Waals surface area contributed by atoms with Crippen LogP contribution in [-0.2, 0) is 10.0 Å². The van der Waals surface area contributed by atoms with Gasteiger partial charge in [0.25, 0.3) is 10.0 Å². The lowest BCUT2D eigenvalue weighted by Gasteiger charge is -1.96. The number of hydrogen-bond donors (Lipinski definition) is 2. The molecule has 0 spiro atoms. The molecule has 0 atom stereocenters. The zero-order chi connectivity index (χ0) is 11.8. The maximum absolute atomic E-state index is 11.2. The van der Waals surface area contributed by atoms with Crippen molar-refractivity contribution in [1.82, 2.24) is 4.89 Å². The Balaban J connectivity index is 2.61. The third-order valence-electron chi connectivity index (χ3n) is 2.09. The molecule has 1 heterocycles. The molecule has 0 amide bonds. The Hall–Kier alpha value is -1.57. The normalized spacial score (nSPS) is 11.9. The first kappa shape index (κ1) is 10.9. The standard InChI is InChI=1S/C9H9NO5S/c1-14-7-3-2-6-4-9(15-8(6)5-7)16(12,13)10-11/h2-5,10-11H,1H3. The van der Waals surface area contributed by atoms with Crippen LogP contribution in [-0.4, -0.2) is 20.7 Å². The van der Waals surface area contributed by atoms with Crippen LogP contribution in [0, 0.1) is 0 Å². The SMILES string of the molecule is COc1ccc2cc(S(=O)(=O)NO)oc2c1. The number of fused-ring (bicyclic) bond motifs is 1. The van der Waals surface area contributed by atoms with E-state index in [4.69, 9.17) is 14.4 Å². The Labute approximate surface area is 91.4 Å². The molecule has 0 aliphatic heterocycles. The molecule has 0 aliphatic rings. The van der Waals surface area contributed by atoms with Gasteiger partial charge in [0, 0.05) is 17.5 Å². The second kappa shape index (κ2) is 3.78. The molecular weight excluding hydrogens is 234 g/mol. The number of benzene rings is 1. The van der Waals surface area contributed by atoms with E-state index in [1.165, 1.54) is 18.1 Å². The van der Waals surface area contributed by atoms with Gasteiger partial charge in [0.2, 0.25) is 5.09 Å². The van der Waals surface area contributed by atoms with Gasteiger partial charge >= 0.3 is 0 Å². The summed E-state index contributed by atoms with van der Waals surface area (Å²) >= 11 is 0. The fourth-order valence-corrected chi connectivity index (χ4v) is 1.86. The van der Waals surface area contributed by atoms with Crippen molar-refractivity contribution in [3.8, 4) is 5.75 Å². The molecule has 0 aliphatic carbocycles. The van der Waals surface area contributed by atoms with Gasteiger partial charge in [-0.25, -0.2) is 8.42 Å². The molecule has 6 nitrogen and oxygen atoms in total. The summed E-state index contributed by atoms with van der Waals surface area (Å²) in [7, 11) is -2.48. The first-order valence-electron chi connectivity index (χ1n) is 4.30. The van der Waals surface area contributed by atoms with Crippen LogP contribution >= 0.6 is 0 Å². The van der Waals surface area contributed by atoms with Gasteiger partial charge in [-0.05, 0) is 12.1 Å². The van der Waals surface area contributed by atoms with Gasteiger partial charge in [-0.3, -0.25) is 0 Å². The topological polar surface area (TPSA) is 88.8 Å². The third kappa shape index (κ3) is 1.75. The minimum atomic E-state index is -3.98. The van der Waals surface area contributed by atoms with Crippen LogP contribution in [0.25, 0.3) is 11.0 Å². The molecule has 16 heavy (non-hydrogen) atoms. The summed E-state index contributed by atoms with van der Waals surface area (Å²) in [5, 5.41) is 8.71. The molecule has 86 valence electrons. The summed E-state index contributed by atoms with van der Waals surface area (Å²) in [6.45, 7) is 0. The van der Waals surface area contributed by atoms with Gasteiger partial charge in [-0.2, -0.15) is 0 Å². The molecule has 1 aromatic carbocycles. The van der Waals surface area contributed by atoms with E-state index in [9.17, 15) is 8.42 Å². The van der Waals surface area contributed by atoms with Crippen LogP contribution in [0.2, 0.25) is 0 Å². The zero-order valence-electron chi connectivity index (χ0n) is 8.30. The lowest BCUT2D eigenvalue weighted by molar-refractivity contribution is 0.239. The van der Waals surface area contributed by atoms with Gasteiger partial charge in [0.05, 0.1) is 7.11 Å². The van der Waals surface area contributed by atoms with Crippen molar-refractivity contribution in [2.24, 2.45) is 0 Å². The van der Waals surface area contributed by atoms with Crippen molar-refractivity contribution in [3.63, 3.8) is 0 Å². The van der Waals surface area contributed by atoms with E-state index in [1.54, 1.807) is 18.2 Å². The lowest BCUT2D eigenvalue weighted by atomic mass is 10.2. The molecule has 2 rings (SSSR count). The zero-order valence-corrected chi connectivity index (χ0v) is 9.11. The second-order valence-electron chi connectivity index (χ2n) is 3.06. The number of methoxy groups -OCH3 is 1. The Kier molecular flexibility index (Phi) is 2.58. The number of nitrogens with one attached hydrogen (secondary N) is 1. The Morgan fingerprint density at radius 2 is 2.12 bits per heavy atom. The molecule has 1 aromatic heterocycles. The van der Waals surface area contributed by atoms with Crippen molar-refractivity contribution >= 4 is 21.0 Å². The smallest absolute Gasteiger partial charge is 0.295 e. The number of furan rings is 1. The van der Waals surface area contributed by atoms with Crippen molar-refractivity contribution in [3.05, 3.63) is 24.3 Å². The second-order valence-corrected chi connectivity index (χ2v) is 4.66. The highest BCUT2D eigenvalue weighted by atomic mass is 32.2. The van der Waals surface area contributed by atoms with Gasteiger partial charge in [-0.15, -0.1) is 0 Å².